The highest BCUT2D eigenvalue weighted by atomic mass is 32.1. The Hall–Kier alpha value is -3.39. The number of benzene rings is 2. The van der Waals surface area contributed by atoms with Gasteiger partial charge in [-0.05, 0) is 79.5 Å². The molecule has 0 saturated carbocycles. The van der Waals surface area contributed by atoms with E-state index in [0.29, 0.717) is 13.2 Å². The van der Waals surface area contributed by atoms with Gasteiger partial charge in [-0.25, -0.2) is 0 Å². The molecular weight excluding hydrogens is 438 g/mol. The molecule has 3 rings (SSSR count). The van der Waals surface area contributed by atoms with E-state index in [1.54, 1.807) is 13.2 Å². The van der Waals surface area contributed by atoms with Crippen LogP contribution in [0.25, 0.3) is 6.08 Å². The number of thiocarbonyl (C=S) groups is 1. The Labute approximate surface area is 199 Å². The van der Waals surface area contributed by atoms with E-state index in [-0.39, 0.29) is 10.7 Å². The van der Waals surface area contributed by atoms with Gasteiger partial charge in [0, 0.05) is 12.2 Å². The minimum atomic E-state index is -0.498. The van der Waals surface area contributed by atoms with Gasteiger partial charge >= 0.3 is 0 Å². The van der Waals surface area contributed by atoms with Crippen molar-refractivity contribution in [3.8, 4) is 11.5 Å². The number of nitrogens with zero attached hydrogens (tertiary/aromatic N) is 1. The lowest BCUT2D eigenvalue weighted by Gasteiger charge is -2.24. The normalized spacial score (nSPS) is 13.3. The van der Waals surface area contributed by atoms with E-state index >= 15 is 0 Å². The van der Waals surface area contributed by atoms with E-state index in [1.807, 2.05) is 43.3 Å². The Kier molecular flexibility index (Phi) is 8.06. The molecule has 1 saturated heterocycles. The monoisotopic (exact) mass is 467 g/mol. The van der Waals surface area contributed by atoms with Crippen LogP contribution in [0.15, 0.2) is 42.0 Å². The number of carbonyl (C=O) groups excluding carboxylic acids is 2. The molecule has 174 valence electrons. The molecule has 33 heavy (non-hydrogen) atoms. The van der Waals surface area contributed by atoms with E-state index in [4.69, 9.17) is 21.7 Å². The van der Waals surface area contributed by atoms with E-state index in [9.17, 15) is 9.59 Å². The van der Waals surface area contributed by atoms with Crippen LogP contribution in [0, 0.1) is 6.92 Å². The van der Waals surface area contributed by atoms with Crippen LogP contribution in [0.5, 0.6) is 11.5 Å². The van der Waals surface area contributed by atoms with Crippen molar-refractivity contribution in [3.05, 3.63) is 58.7 Å². The van der Waals surface area contributed by atoms with E-state index in [0.717, 1.165) is 41.3 Å². The predicted octanol–water partition coefficient (Wildman–Crippen LogP) is 3.39. The quantitative estimate of drug-likeness (QED) is 0.334. The highest BCUT2D eigenvalue weighted by molar-refractivity contribution is 7.80. The lowest BCUT2D eigenvalue weighted by atomic mass is 10.0. The Morgan fingerprint density at radius 1 is 1.03 bits per heavy atom. The molecule has 7 nitrogen and oxygen atoms in total. The van der Waals surface area contributed by atoms with E-state index < -0.39 is 11.8 Å². The Morgan fingerprint density at radius 2 is 1.76 bits per heavy atom. The third-order valence-electron chi connectivity index (χ3n) is 5.50. The van der Waals surface area contributed by atoms with Crippen molar-refractivity contribution in [2.45, 2.75) is 27.2 Å². The molecule has 1 aliphatic rings. The number of likely N-dealkylation sites (N-methyl/N-ethyl adjacent to an activating group) is 1. The van der Waals surface area contributed by atoms with Crippen molar-refractivity contribution in [1.82, 2.24) is 10.6 Å². The van der Waals surface area contributed by atoms with E-state index in [1.165, 1.54) is 5.56 Å². The first-order chi connectivity index (χ1) is 15.9. The van der Waals surface area contributed by atoms with Gasteiger partial charge in [-0.15, -0.1) is 0 Å². The fraction of sp³-hybridized carbons (Fsp3) is 0.320. The van der Waals surface area contributed by atoms with Crippen molar-refractivity contribution in [1.29, 1.82) is 0 Å². The van der Waals surface area contributed by atoms with Crippen molar-refractivity contribution in [2.75, 3.05) is 31.7 Å². The van der Waals surface area contributed by atoms with Gasteiger partial charge in [0.15, 0.2) is 16.6 Å². The smallest absolute Gasteiger partial charge is 0.263 e. The fourth-order valence-corrected chi connectivity index (χ4v) is 3.75. The molecule has 0 spiro atoms. The molecule has 0 bridgehead atoms. The number of ether oxygens (including phenoxy) is 2. The zero-order valence-electron chi connectivity index (χ0n) is 19.4. The molecule has 2 aromatic carbocycles. The minimum Gasteiger partial charge on any atom is -0.493 e. The molecule has 2 N–H and O–H groups in total. The third kappa shape index (κ3) is 5.90. The van der Waals surface area contributed by atoms with Crippen LogP contribution in [0.4, 0.5) is 5.69 Å². The average Bonchev–Trinajstić information content (AvgIpc) is 2.80. The zero-order chi connectivity index (χ0) is 24.0. The first kappa shape index (κ1) is 24.3. The Bertz CT molecular complexity index is 1080. The van der Waals surface area contributed by atoms with Crippen molar-refractivity contribution in [3.63, 3.8) is 0 Å². The molecule has 0 radical (unpaired) electrons. The third-order valence-corrected chi connectivity index (χ3v) is 5.70. The number of nitrogens with one attached hydrogen (secondary N) is 2. The highest BCUT2D eigenvalue weighted by Gasteiger charge is 2.25. The van der Waals surface area contributed by atoms with Gasteiger partial charge in [0.25, 0.3) is 11.8 Å². The molecule has 2 amide bonds. The second-order valence-corrected chi connectivity index (χ2v) is 8.01. The number of methoxy groups -OCH3 is 1. The van der Waals surface area contributed by atoms with Crippen LogP contribution in [0.2, 0.25) is 0 Å². The van der Waals surface area contributed by atoms with Gasteiger partial charge in [-0.2, -0.15) is 0 Å². The lowest BCUT2D eigenvalue weighted by molar-refractivity contribution is -0.123. The highest BCUT2D eigenvalue weighted by Crippen LogP contribution is 2.28. The second kappa shape index (κ2) is 11.0. The molecule has 1 aliphatic heterocycles. The summed E-state index contributed by atoms with van der Waals surface area (Å²) in [6.07, 6.45) is 2.52. The number of hydrogen-bond acceptors (Lipinski definition) is 6. The number of hydrogen-bond donors (Lipinski definition) is 2. The summed E-state index contributed by atoms with van der Waals surface area (Å²) in [4.78, 5) is 26.4. The number of amides is 2. The molecule has 8 heteroatoms. The van der Waals surface area contributed by atoms with Gasteiger partial charge in [-0.1, -0.05) is 19.1 Å². The topological polar surface area (TPSA) is 79.9 Å². The largest absolute Gasteiger partial charge is 0.493 e. The number of anilines is 1. The van der Waals surface area contributed by atoms with Gasteiger partial charge < -0.3 is 14.4 Å². The number of carbonyl (C=O) groups is 2. The SMILES string of the molecule is CCc1ccc(OCCN(CC)c2ccc(C=C3C(=O)NC(=S)NC3=O)c(C)c2)c(OC)c1. The van der Waals surface area contributed by atoms with Crippen LogP contribution < -0.4 is 25.0 Å². The van der Waals surface area contributed by atoms with Crippen LogP contribution in [-0.2, 0) is 16.0 Å². The van der Waals surface area contributed by atoms with Crippen LogP contribution >= 0.6 is 12.2 Å². The average molecular weight is 468 g/mol. The summed E-state index contributed by atoms with van der Waals surface area (Å²) in [6, 6.07) is 11.9. The number of aryl methyl sites for hydroxylation is 2. The fourth-order valence-electron chi connectivity index (χ4n) is 3.57. The first-order valence-corrected chi connectivity index (χ1v) is 11.3. The van der Waals surface area contributed by atoms with Gasteiger partial charge in [0.05, 0.1) is 13.7 Å². The van der Waals surface area contributed by atoms with Crippen molar-refractivity contribution >= 4 is 40.9 Å². The van der Waals surface area contributed by atoms with Crippen molar-refractivity contribution in [2.24, 2.45) is 0 Å². The molecule has 1 heterocycles. The number of rotatable bonds is 9. The van der Waals surface area contributed by atoms with Gasteiger partial charge in [0.2, 0.25) is 0 Å². The minimum absolute atomic E-state index is 0.0222. The maximum absolute atomic E-state index is 12.1. The Balaban J connectivity index is 1.69. The molecule has 0 atom stereocenters. The van der Waals surface area contributed by atoms with Crippen LogP contribution in [0.3, 0.4) is 0 Å². The summed E-state index contributed by atoms with van der Waals surface area (Å²) in [7, 11) is 1.65. The zero-order valence-corrected chi connectivity index (χ0v) is 20.2. The molecule has 2 aromatic rings. The lowest BCUT2D eigenvalue weighted by Crippen LogP contribution is -2.51. The van der Waals surface area contributed by atoms with E-state index in [2.05, 4.69) is 29.4 Å². The van der Waals surface area contributed by atoms with Gasteiger partial charge in [0.1, 0.15) is 12.2 Å². The summed E-state index contributed by atoms with van der Waals surface area (Å²) < 4.78 is 11.5. The Morgan fingerprint density at radius 3 is 2.36 bits per heavy atom. The van der Waals surface area contributed by atoms with Crippen LogP contribution in [-0.4, -0.2) is 43.7 Å². The molecule has 0 aliphatic carbocycles. The summed E-state index contributed by atoms with van der Waals surface area (Å²) in [5, 5.41) is 4.92. The maximum atomic E-state index is 12.1. The summed E-state index contributed by atoms with van der Waals surface area (Å²) in [6.45, 7) is 8.13. The standard InChI is InChI=1S/C25H29N3O4S/c1-5-17-7-10-21(22(14-17)31-4)32-12-11-28(6-2)19-9-8-18(16(3)13-19)15-20-23(29)26-25(33)27-24(20)30/h7-10,13-15H,5-6,11-12H2,1-4H3,(H2,26,27,29,30,33). The molecule has 1 fully saturated rings. The first-order valence-electron chi connectivity index (χ1n) is 10.9. The summed E-state index contributed by atoms with van der Waals surface area (Å²) >= 11 is 4.84. The summed E-state index contributed by atoms with van der Waals surface area (Å²) in [5.41, 5.74) is 4.01. The predicted molar refractivity (Wildman–Crippen MR) is 134 cm³/mol. The molecule has 0 unspecified atom stereocenters. The maximum Gasteiger partial charge on any atom is 0.263 e. The van der Waals surface area contributed by atoms with Gasteiger partial charge in [-0.3, -0.25) is 20.2 Å². The van der Waals surface area contributed by atoms with Crippen molar-refractivity contribution < 1.29 is 19.1 Å². The summed E-state index contributed by atoms with van der Waals surface area (Å²) in [5.74, 6) is 0.471. The second-order valence-electron chi connectivity index (χ2n) is 7.60. The molecule has 0 aromatic heterocycles. The van der Waals surface area contributed by atoms with Crippen LogP contribution in [0.1, 0.15) is 30.5 Å². The molecular formula is C25H29N3O4S.